The summed E-state index contributed by atoms with van der Waals surface area (Å²) in [5.74, 6) is 0.711. The van der Waals surface area contributed by atoms with Gasteiger partial charge >= 0.3 is 0 Å². The second-order valence-electron chi connectivity index (χ2n) is 6.51. The topological polar surface area (TPSA) is 79.5 Å². The number of ether oxygens (including phenoxy) is 2. The number of halogens is 1. The van der Waals surface area contributed by atoms with E-state index in [2.05, 4.69) is 21.6 Å². The van der Waals surface area contributed by atoms with Crippen LogP contribution in [0.25, 0.3) is 0 Å². The van der Waals surface area contributed by atoms with Crippen LogP contribution in [0.15, 0.2) is 59.7 Å². The van der Waals surface area contributed by atoms with Gasteiger partial charge in [-0.1, -0.05) is 24.3 Å². The molecule has 0 radical (unpaired) electrons. The molecule has 152 valence electrons. The van der Waals surface area contributed by atoms with E-state index in [1.165, 1.54) is 12.1 Å². The number of para-hydroxylation sites is 1. The van der Waals surface area contributed by atoms with Crippen LogP contribution in [0.5, 0.6) is 5.75 Å². The smallest absolute Gasteiger partial charge is 0.164 e. The number of rotatable bonds is 8. The number of hydrazone groups is 1. The summed E-state index contributed by atoms with van der Waals surface area (Å²) in [6.45, 7) is 2.45. The van der Waals surface area contributed by atoms with E-state index >= 15 is 0 Å². The van der Waals surface area contributed by atoms with E-state index in [0.717, 1.165) is 22.4 Å². The molecule has 1 N–H and O–H groups in total. The van der Waals surface area contributed by atoms with Gasteiger partial charge in [0, 0.05) is 23.9 Å². The molecule has 3 rings (SSSR count). The number of hydrogen-bond acceptors (Lipinski definition) is 6. The van der Waals surface area contributed by atoms with E-state index in [4.69, 9.17) is 9.47 Å². The first-order chi connectivity index (χ1) is 14.6. The first kappa shape index (κ1) is 21.0. The Morgan fingerprint density at radius 3 is 2.67 bits per heavy atom. The summed E-state index contributed by atoms with van der Waals surface area (Å²) in [5.41, 5.74) is 6.33. The third-order valence-corrected chi connectivity index (χ3v) is 4.24. The fourth-order valence-corrected chi connectivity index (χ4v) is 2.84. The summed E-state index contributed by atoms with van der Waals surface area (Å²) in [6, 6.07) is 17.5. The van der Waals surface area contributed by atoms with Gasteiger partial charge < -0.3 is 9.47 Å². The first-order valence-corrected chi connectivity index (χ1v) is 9.25. The van der Waals surface area contributed by atoms with Gasteiger partial charge in [-0.15, -0.1) is 0 Å². The molecule has 0 aliphatic rings. The van der Waals surface area contributed by atoms with Crippen LogP contribution in [0.3, 0.4) is 0 Å². The number of nitrogens with one attached hydrogen (secondary N) is 1. The number of anilines is 1. The zero-order chi connectivity index (χ0) is 21.3. The van der Waals surface area contributed by atoms with Crippen molar-refractivity contribution in [3.8, 4) is 11.8 Å². The highest BCUT2D eigenvalue weighted by Gasteiger charge is 2.11. The predicted octanol–water partition coefficient (Wildman–Crippen LogP) is 4.57. The van der Waals surface area contributed by atoms with Gasteiger partial charge in [0.1, 0.15) is 29.8 Å². The van der Waals surface area contributed by atoms with Gasteiger partial charge in [0.2, 0.25) is 0 Å². The third kappa shape index (κ3) is 5.40. The Morgan fingerprint density at radius 1 is 1.17 bits per heavy atom. The molecule has 1 aromatic heterocycles. The van der Waals surface area contributed by atoms with E-state index in [-0.39, 0.29) is 5.82 Å². The summed E-state index contributed by atoms with van der Waals surface area (Å²) < 4.78 is 24.1. The fraction of sp³-hybridized carbons (Fsp3) is 0.174. The second kappa shape index (κ2) is 10.1. The van der Waals surface area contributed by atoms with Crippen molar-refractivity contribution >= 4 is 12.0 Å². The summed E-state index contributed by atoms with van der Waals surface area (Å²) in [6.07, 6.45) is 1.60. The lowest BCUT2D eigenvalue weighted by Gasteiger charge is -2.10. The molecule has 6 nitrogen and oxygen atoms in total. The van der Waals surface area contributed by atoms with Crippen molar-refractivity contribution in [1.82, 2.24) is 4.98 Å². The summed E-state index contributed by atoms with van der Waals surface area (Å²) in [4.78, 5) is 4.36. The van der Waals surface area contributed by atoms with Crippen LogP contribution in [0, 0.1) is 24.1 Å². The van der Waals surface area contributed by atoms with Crippen molar-refractivity contribution in [2.75, 3.05) is 12.5 Å². The fourth-order valence-electron chi connectivity index (χ4n) is 2.84. The maximum atomic E-state index is 13.0. The van der Waals surface area contributed by atoms with Crippen LogP contribution < -0.4 is 10.2 Å². The molecule has 1 heterocycles. The molecule has 2 aromatic carbocycles. The molecule has 0 bridgehead atoms. The van der Waals surface area contributed by atoms with Crippen molar-refractivity contribution in [2.45, 2.75) is 20.1 Å². The van der Waals surface area contributed by atoms with E-state index in [9.17, 15) is 9.65 Å². The minimum absolute atomic E-state index is 0.285. The van der Waals surface area contributed by atoms with Gasteiger partial charge in [-0.25, -0.2) is 9.37 Å². The van der Waals surface area contributed by atoms with Crippen molar-refractivity contribution in [2.24, 2.45) is 5.10 Å². The zero-order valence-electron chi connectivity index (χ0n) is 16.7. The number of nitriles is 1. The number of methoxy groups -OCH3 is 1. The van der Waals surface area contributed by atoms with Gasteiger partial charge in [-0.2, -0.15) is 10.4 Å². The van der Waals surface area contributed by atoms with Crippen LogP contribution in [-0.4, -0.2) is 18.3 Å². The second-order valence-corrected chi connectivity index (χ2v) is 6.51. The summed E-state index contributed by atoms with van der Waals surface area (Å²) in [5, 5.41) is 13.7. The van der Waals surface area contributed by atoms with Crippen LogP contribution in [0.2, 0.25) is 0 Å². The Hall–Kier alpha value is -3.76. The standard InChI is InChI=1S/C23H21FN4O2/c1-16-11-19(15-29-2)21(12-25)23(27-16)28-26-13-18-5-3-4-6-22(18)30-14-17-7-9-20(24)10-8-17/h3-11,13H,14-15H2,1-2H3,(H,27,28). The largest absolute Gasteiger partial charge is 0.488 e. The van der Waals surface area contributed by atoms with Crippen molar-refractivity contribution in [3.63, 3.8) is 0 Å². The van der Waals surface area contributed by atoms with Crippen LogP contribution in [0.1, 0.15) is 27.9 Å². The third-order valence-electron chi connectivity index (χ3n) is 4.24. The highest BCUT2D eigenvalue weighted by molar-refractivity contribution is 5.84. The lowest BCUT2D eigenvalue weighted by Crippen LogP contribution is -2.04. The number of aryl methyl sites for hydroxylation is 1. The zero-order valence-corrected chi connectivity index (χ0v) is 16.7. The number of pyridine rings is 1. The maximum absolute atomic E-state index is 13.0. The molecule has 0 atom stereocenters. The lowest BCUT2D eigenvalue weighted by molar-refractivity contribution is 0.184. The molecule has 0 amide bonds. The Kier molecular flexibility index (Phi) is 7.09. The van der Waals surface area contributed by atoms with Crippen molar-refractivity contribution < 1.29 is 13.9 Å². The first-order valence-electron chi connectivity index (χ1n) is 9.25. The normalized spacial score (nSPS) is 10.7. The van der Waals surface area contributed by atoms with Gasteiger partial charge in [-0.05, 0) is 42.8 Å². The van der Waals surface area contributed by atoms with Gasteiger partial charge in [0.15, 0.2) is 5.82 Å². The Balaban J connectivity index is 1.74. The minimum Gasteiger partial charge on any atom is -0.488 e. The summed E-state index contributed by atoms with van der Waals surface area (Å²) in [7, 11) is 1.57. The van der Waals surface area contributed by atoms with Gasteiger partial charge in [0.25, 0.3) is 0 Å². The van der Waals surface area contributed by atoms with Crippen molar-refractivity contribution in [1.29, 1.82) is 5.26 Å². The van der Waals surface area contributed by atoms with Crippen LogP contribution in [0.4, 0.5) is 10.2 Å². The van der Waals surface area contributed by atoms with E-state index < -0.39 is 0 Å². The molecule has 0 unspecified atom stereocenters. The highest BCUT2D eigenvalue weighted by Crippen LogP contribution is 2.20. The Labute approximate surface area is 174 Å². The number of nitrogens with zero attached hydrogens (tertiary/aromatic N) is 3. The van der Waals surface area contributed by atoms with E-state index in [1.54, 1.807) is 25.5 Å². The van der Waals surface area contributed by atoms with Crippen molar-refractivity contribution in [3.05, 3.63) is 88.4 Å². The molecule has 3 aromatic rings. The number of aromatic nitrogens is 1. The van der Waals surface area contributed by atoms with E-state index in [1.807, 2.05) is 37.3 Å². The molecule has 0 aliphatic carbocycles. The molecule has 0 spiro atoms. The molecular formula is C23H21FN4O2. The molecular weight excluding hydrogens is 383 g/mol. The Bertz CT molecular complexity index is 1080. The monoisotopic (exact) mass is 404 g/mol. The molecule has 0 saturated heterocycles. The molecule has 0 fully saturated rings. The van der Waals surface area contributed by atoms with Crippen LogP contribution >= 0.6 is 0 Å². The molecule has 7 heteroatoms. The van der Waals surface area contributed by atoms with E-state index in [0.29, 0.717) is 30.3 Å². The van der Waals surface area contributed by atoms with Gasteiger partial charge in [-0.3, -0.25) is 5.43 Å². The maximum Gasteiger partial charge on any atom is 0.164 e. The average molecular weight is 404 g/mol. The lowest BCUT2D eigenvalue weighted by atomic mass is 10.1. The molecule has 0 aliphatic heterocycles. The van der Waals surface area contributed by atoms with Gasteiger partial charge in [0.05, 0.1) is 12.8 Å². The molecule has 30 heavy (non-hydrogen) atoms. The van der Waals surface area contributed by atoms with Crippen LogP contribution in [-0.2, 0) is 18.0 Å². The minimum atomic E-state index is -0.285. The SMILES string of the molecule is COCc1cc(C)nc(NN=Cc2ccccc2OCc2ccc(F)cc2)c1C#N. The Morgan fingerprint density at radius 2 is 1.93 bits per heavy atom. The molecule has 0 saturated carbocycles. The predicted molar refractivity (Wildman–Crippen MR) is 113 cm³/mol. The summed E-state index contributed by atoms with van der Waals surface area (Å²) >= 11 is 0. The number of hydrogen-bond donors (Lipinski definition) is 1. The number of benzene rings is 2. The average Bonchev–Trinajstić information content (AvgIpc) is 2.74. The highest BCUT2D eigenvalue weighted by atomic mass is 19.1. The quantitative estimate of drug-likeness (QED) is 0.439.